The van der Waals surface area contributed by atoms with Crippen LogP contribution in [-0.4, -0.2) is 66.4 Å². The van der Waals surface area contributed by atoms with Crippen molar-refractivity contribution in [3.8, 4) is 17.0 Å². The number of amides is 2. The summed E-state index contributed by atoms with van der Waals surface area (Å²) in [6.45, 7) is 2.58. The van der Waals surface area contributed by atoms with Crippen LogP contribution in [0.15, 0.2) is 103 Å². The summed E-state index contributed by atoms with van der Waals surface area (Å²) in [5.41, 5.74) is 6.64. The molecule has 1 saturated heterocycles. The topological polar surface area (TPSA) is 68.9 Å². The number of methoxy groups -OCH3 is 1. The molecule has 2 amide bonds. The molecule has 1 aromatic heterocycles. The molecule has 0 unspecified atom stereocenters. The van der Waals surface area contributed by atoms with Crippen molar-refractivity contribution in [1.82, 2.24) is 14.8 Å². The van der Waals surface area contributed by atoms with Gasteiger partial charge in [-0.3, -0.25) is 9.59 Å². The Hall–Kier alpha value is -5.04. The van der Waals surface area contributed by atoms with Gasteiger partial charge in [0.05, 0.1) is 24.5 Å². The number of ether oxygens (including phenoxy) is 1. The molecule has 4 aromatic carbocycles. The predicted molar refractivity (Wildman–Crippen MR) is 165 cm³/mol. The molecule has 1 fully saturated rings. The molecule has 0 radical (unpaired) electrons. The SMILES string of the molecule is COc1ccccc1N1CCN(C(=O)CN2C(=O)c3ccccc3[C@@H]2c2c(-c3ccccc3)[nH]c3ccccc23)CC1. The van der Waals surface area contributed by atoms with E-state index in [-0.39, 0.29) is 24.4 Å². The van der Waals surface area contributed by atoms with Crippen molar-refractivity contribution >= 4 is 28.4 Å². The number of anilines is 1. The van der Waals surface area contributed by atoms with E-state index >= 15 is 0 Å². The van der Waals surface area contributed by atoms with Crippen LogP contribution in [0.2, 0.25) is 0 Å². The van der Waals surface area contributed by atoms with Crippen LogP contribution in [0.1, 0.15) is 27.5 Å². The van der Waals surface area contributed by atoms with Crippen LogP contribution in [0.25, 0.3) is 22.2 Å². The Morgan fingerprint density at radius 1 is 0.833 bits per heavy atom. The molecule has 0 bridgehead atoms. The van der Waals surface area contributed by atoms with Crippen molar-refractivity contribution in [2.24, 2.45) is 0 Å². The summed E-state index contributed by atoms with van der Waals surface area (Å²) in [5, 5.41) is 1.05. The zero-order chi connectivity index (χ0) is 28.6. The van der Waals surface area contributed by atoms with Crippen LogP contribution in [0.3, 0.4) is 0 Å². The number of benzene rings is 4. The van der Waals surface area contributed by atoms with E-state index in [1.54, 1.807) is 12.0 Å². The number of piperazine rings is 1. The molecular formula is C35H32N4O3. The lowest BCUT2D eigenvalue weighted by molar-refractivity contribution is -0.132. The Morgan fingerprint density at radius 2 is 1.52 bits per heavy atom. The second-order valence-electron chi connectivity index (χ2n) is 10.8. The van der Waals surface area contributed by atoms with Gasteiger partial charge in [0.2, 0.25) is 5.91 Å². The summed E-state index contributed by atoms with van der Waals surface area (Å²) in [6.07, 6.45) is 0. The second-order valence-corrected chi connectivity index (χ2v) is 10.8. The quantitative estimate of drug-likeness (QED) is 0.290. The largest absolute Gasteiger partial charge is 0.495 e. The fraction of sp³-hybridized carbons (Fsp3) is 0.200. The molecule has 7 rings (SSSR count). The van der Waals surface area contributed by atoms with E-state index in [9.17, 15) is 9.59 Å². The van der Waals surface area contributed by atoms with E-state index in [1.165, 1.54) is 0 Å². The van der Waals surface area contributed by atoms with Crippen LogP contribution < -0.4 is 9.64 Å². The Morgan fingerprint density at radius 3 is 2.33 bits per heavy atom. The molecule has 1 atom stereocenters. The number of carbonyl (C=O) groups is 2. The number of aromatic nitrogens is 1. The fourth-order valence-electron chi connectivity index (χ4n) is 6.46. The first-order chi connectivity index (χ1) is 20.6. The summed E-state index contributed by atoms with van der Waals surface area (Å²) in [4.78, 5) is 37.3. The lowest BCUT2D eigenvalue weighted by Crippen LogP contribution is -2.51. The number of nitrogens with one attached hydrogen (secondary N) is 1. The van der Waals surface area contributed by atoms with Crippen molar-refractivity contribution in [2.75, 3.05) is 44.7 Å². The van der Waals surface area contributed by atoms with E-state index in [2.05, 4.69) is 34.1 Å². The molecule has 7 heteroatoms. The number of hydrogen-bond acceptors (Lipinski definition) is 4. The smallest absolute Gasteiger partial charge is 0.255 e. The molecule has 42 heavy (non-hydrogen) atoms. The molecule has 0 saturated carbocycles. The number of fused-ring (bicyclic) bond motifs is 2. The van der Waals surface area contributed by atoms with Crippen LogP contribution in [0.4, 0.5) is 5.69 Å². The predicted octanol–water partition coefficient (Wildman–Crippen LogP) is 5.74. The van der Waals surface area contributed by atoms with Gasteiger partial charge in [0, 0.05) is 48.2 Å². The third kappa shape index (κ3) is 4.38. The summed E-state index contributed by atoms with van der Waals surface area (Å²) >= 11 is 0. The first kappa shape index (κ1) is 25.9. The molecule has 210 valence electrons. The van der Waals surface area contributed by atoms with E-state index in [0.717, 1.165) is 44.7 Å². The van der Waals surface area contributed by atoms with Gasteiger partial charge in [0.1, 0.15) is 12.3 Å². The zero-order valence-corrected chi connectivity index (χ0v) is 23.5. The van der Waals surface area contributed by atoms with Crippen molar-refractivity contribution in [3.05, 3.63) is 120 Å². The molecule has 0 aliphatic carbocycles. The maximum absolute atomic E-state index is 13.9. The molecule has 3 heterocycles. The van der Waals surface area contributed by atoms with Gasteiger partial charge in [-0.15, -0.1) is 0 Å². The fourth-order valence-corrected chi connectivity index (χ4v) is 6.46. The highest BCUT2D eigenvalue weighted by Crippen LogP contribution is 2.45. The molecule has 2 aliphatic heterocycles. The minimum atomic E-state index is -0.390. The average Bonchev–Trinajstić information content (AvgIpc) is 3.56. The highest BCUT2D eigenvalue weighted by atomic mass is 16.5. The van der Waals surface area contributed by atoms with Crippen molar-refractivity contribution < 1.29 is 14.3 Å². The first-order valence-corrected chi connectivity index (χ1v) is 14.4. The van der Waals surface area contributed by atoms with Crippen molar-refractivity contribution in [2.45, 2.75) is 6.04 Å². The number of H-pyrrole nitrogens is 1. The summed E-state index contributed by atoms with van der Waals surface area (Å²) in [7, 11) is 1.68. The first-order valence-electron chi connectivity index (χ1n) is 14.4. The van der Waals surface area contributed by atoms with Gasteiger partial charge in [0.25, 0.3) is 5.91 Å². The van der Waals surface area contributed by atoms with Gasteiger partial charge in [-0.25, -0.2) is 0 Å². The number of rotatable bonds is 6. The van der Waals surface area contributed by atoms with Gasteiger partial charge >= 0.3 is 0 Å². The minimum absolute atomic E-state index is 0.0145. The molecule has 7 nitrogen and oxygen atoms in total. The lowest BCUT2D eigenvalue weighted by Gasteiger charge is -2.37. The number of nitrogens with zero attached hydrogens (tertiary/aromatic N) is 3. The van der Waals surface area contributed by atoms with Crippen molar-refractivity contribution in [3.63, 3.8) is 0 Å². The monoisotopic (exact) mass is 556 g/mol. The Balaban J connectivity index is 1.21. The molecule has 1 N–H and O–H groups in total. The average molecular weight is 557 g/mol. The highest BCUT2D eigenvalue weighted by molar-refractivity contribution is 6.03. The van der Waals surface area contributed by atoms with Crippen LogP contribution in [0.5, 0.6) is 5.75 Å². The Bertz CT molecular complexity index is 1770. The summed E-state index contributed by atoms with van der Waals surface area (Å²) in [6, 6.07) is 33.7. The van der Waals surface area contributed by atoms with Crippen LogP contribution >= 0.6 is 0 Å². The van der Waals surface area contributed by atoms with E-state index in [1.807, 2.05) is 83.8 Å². The lowest BCUT2D eigenvalue weighted by atomic mass is 9.93. The van der Waals surface area contributed by atoms with Gasteiger partial charge in [-0.1, -0.05) is 78.9 Å². The number of carbonyl (C=O) groups excluding carboxylic acids is 2. The van der Waals surface area contributed by atoms with Gasteiger partial charge < -0.3 is 24.4 Å². The van der Waals surface area contributed by atoms with Gasteiger partial charge in [-0.2, -0.15) is 0 Å². The number of para-hydroxylation sites is 3. The molecular weight excluding hydrogens is 524 g/mol. The molecule has 0 spiro atoms. The van der Waals surface area contributed by atoms with Crippen molar-refractivity contribution in [1.29, 1.82) is 0 Å². The van der Waals surface area contributed by atoms with Crippen LogP contribution in [-0.2, 0) is 4.79 Å². The maximum Gasteiger partial charge on any atom is 0.255 e. The van der Waals surface area contributed by atoms with E-state index in [0.29, 0.717) is 31.7 Å². The second kappa shape index (κ2) is 10.7. The van der Waals surface area contributed by atoms with Gasteiger partial charge in [-0.05, 0) is 35.4 Å². The van der Waals surface area contributed by atoms with E-state index < -0.39 is 0 Å². The summed E-state index contributed by atoms with van der Waals surface area (Å²) < 4.78 is 5.55. The van der Waals surface area contributed by atoms with Crippen LogP contribution in [0, 0.1) is 0 Å². The highest BCUT2D eigenvalue weighted by Gasteiger charge is 2.41. The standard InChI is InChI=1S/C35H32N4O3/c1-42-30-18-10-9-17-29(30)37-19-21-38(22-20-37)31(40)23-39-34(25-13-5-6-14-26(25)35(39)41)32-27-15-7-8-16-28(27)36-33(32)24-11-3-2-4-12-24/h2-18,34,36H,19-23H2,1H3/t34-/m1/s1. The minimum Gasteiger partial charge on any atom is -0.495 e. The summed E-state index contributed by atoms with van der Waals surface area (Å²) in [5.74, 6) is 0.677. The zero-order valence-electron chi connectivity index (χ0n) is 23.5. The third-order valence-electron chi connectivity index (χ3n) is 8.50. The molecule has 5 aromatic rings. The maximum atomic E-state index is 13.9. The number of hydrogen-bond donors (Lipinski definition) is 1. The van der Waals surface area contributed by atoms with E-state index in [4.69, 9.17) is 4.74 Å². The Labute approximate surface area is 244 Å². The number of aromatic amines is 1. The Kier molecular flexibility index (Phi) is 6.62. The normalized spacial score (nSPS) is 16.6. The molecule has 2 aliphatic rings. The van der Waals surface area contributed by atoms with Gasteiger partial charge in [0.15, 0.2) is 0 Å². The third-order valence-corrected chi connectivity index (χ3v) is 8.50.